The fourth-order valence-electron chi connectivity index (χ4n) is 2.09. The van der Waals surface area contributed by atoms with Crippen LogP contribution in [0.3, 0.4) is 0 Å². The Morgan fingerprint density at radius 2 is 1.95 bits per heavy atom. The molecule has 0 spiro atoms. The van der Waals surface area contributed by atoms with Gasteiger partial charge in [0.1, 0.15) is 0 Å². The molecule has 1 N–H and O–H groups in total. The fourth-order valence-corrected chi connectivity index (χ4v) is 3.03. The lowest BCUT2D eigenvalue weighted by Gasteiger charge is -2.36. The van der Waals surface area contributed by atoms with Crippen molar-refractivity contribution in [2.24, 2.45) is 5.92 Å². The number of carbonyl (C=O) groups excluding carboxylic acids is 1. The van der Waals surface area contributed by atoms with Gasteiger partial charge >= 0.3 is 5.97 Å². The lowest BCUT2D eigenvalue weighted by atomic mass is 9.86. The van der Waals surface area contributed by atoms with Gasteiger partial charge in [-0.25, -0.2) is 0 Å². The van der Waals surface area contributed by atoms with Crippen LogP contribution in [0.15, 0.2) is 11.5 Å². The van der Waals surface area contributed by atoms with Crippen LogP contribution in [0.2, 0.25) is 18.1 Å². The van der Waals surface area contributed by atoms with Crippen LogP contribution >= 0.6 is 0 Å². The quantitative estimate of drug-likeness (QED) is 0.483. The molecule has 20 heavy (non-hydrogen) atoms. The molecule has 4 nitrogen and oxygen atoms in total. The molecule has 0 aromatic carbocycles. The Morgan fingerprint density at radius 3 is 2.45 bits per heavy atom. The van der Waals surface area contributed by atoms with Gasteiger partial charge in [-0.15, -0.1) is 0 Å². The van der Waals surface area contributed by atoms with Crippen LogP contribution in [0.25, 0.3) is 0 Å². The van der Waals surface area contributed by atoms with Gasteiger partial charge in [-0.3, -0.25) is 4.79 Å². The van der Waals surface area contributed by atoms with Crippen LogP contribution in [-0.4, -0.2) is 26.5 Å². The average Bonchev–Trinajstić information content (AvgIpc) is 2.36. The smallest absolute Gasteiger partial charge is 0.308 e. The molecule has 1 atom stereocenters. The van der Waals surface area contributed by atoms with Gasteiger partial charge in [0.15, 0.2) is 0 Å². The zero-order valence-corrected chi connectivity index (χ0v) is 14.6. The number of hydrogen-bond donors (Lipinski definition) is 1. The monoisotopic (exact) mass is 300 g/mol. The first-order chi connectivity index (χ1) is 9.08. The summed E-state index contributed by atoms with van der Waals surface area (Å²) in [6.07, 6.45) is 3.06. The third-order valence-corrected chi connectivity index (χ3v) is 8.83. The zero-order chi connectivity index (χ0) is 15.6. The average molecular weight is 300 g/mol. The molecule has 1 aliphatic carbocycles. The van der Waals surface area contributed by atoms with Crippen molar-refractivity contribution in [1.82, 2.24) is 0 Å². The largest absolute Gasteiger partial charge is 0.519 e. The molecule has 0 amide bonds. The number of carbonyl (C=O) groups is 1. The zero-order valence-electron chi connectivity index (χ0n) is 13.6. The topological polar surface area (TPSA) is 55.8 Å². The fraction of sp³-hybridized carbons (Fsp3) is 0.800. The van der Waals surface area contributed by atoms with Gasteiger partial charge in [-0.1, -0.05) is 20.8 Å². The van der Waals surface area contributed by atoms with E-state index < -0.39 is 8.32 Å². The Kier molecular flexibility index (Phi) is 5.30. The first-order valence-electron chi connectivity index (χ1n) is 7.26. The minimum absolute atomic E-state index is 0.0396. The second kappa shape index (κ2) is 6.20. The number of hydrogen-bond acceptors (Lipinski definition) is 4. The second-order valence-corrected chi connectivity index (χ2v) is 11.8. The van der Waals surface area contributed by atoms with Crippen LogP contribution in [-0.2, 0) is 14.0 Å². The normalized spacial score (nSPS) is 23.2. The summed E-state index contributed by atoms with van der Waals surface area (Å²) in [5.41, 5.74) is 0.858. The van der Waals surface area contributed by atoms with Gasteiger partial charge in [0, 0.05) is 5.57 Å². The summed E-state index contributed by atoms with van der Waals surface area (Å²) in [6, 6.07) is 0. The van der Waals surface area contributed by atoms with E-state index in [0.29, 0.717) is 6.42 Å². The van der Waals surface area contributed by atoms with Gasteiger partial charge in [-0.2, -0.15) is 0 Å². The minimum Gasteiger partial charge on any atom is -0.519 e. The molecular weight excluding hydrogens is 272 g/mol. The molecule has 0 bridgehead atoms. The molecule has 1 rings (SSSR count). The highest BCUT2D eigenvalue weighted by atomic mass is 28.4. The Bertz CT molecular complexity index is 393. The number of aliphatic hydroxyl groups is 1. The number of methoxy groups -OCH3 is 1. The Labute approximate surface area is 123 Å². The van der Waals surface area contributed by atoms with E-state index >= 15 is 0 Å². The predicted molar refractivity (Wildman–Crippen MR) is 81.9 cm³/mol. The van der Waals surface area contributed by atoms with Crippen molar-refractivity contribution in [3.63, 3.8) is 0 Å². The molecule has 1 aliphatic rings. The molecule has 0 radical (unpaired) electrons. The van der Waals surface area contributed by atoms with Gasteiger partial charge in [0.2, 0.25) is 0 Å². The summed E-state index contributed by atoms with van der Waals surface area (Å²) in [5.74, 6) is -0.290. The van der Waals surface area contributed by atoms with E-state index in [1.54, 1.807) is 0 Å². The molecule has 0 aliphatic heterocycles. The van der Waals surface area contributed by atoms with E-state index in [2.05, 4.69) is 33.9 Å². The molecule has 116 valence electrons. The summed E-state index contributed by atoms with van der Waals surface area (Å²) in [7, 11) is -0.624. The van der Waals surface area contributed by atoms with Crippen LogP contribution in [0, 0.1) is 5.92 Å². The lowest BCUT2D eigenvalue weighted by molar-refractivity contribution is -0.146. The molecular formula is C15H28O4Si. The van der Waals surface area contributed by atoms with Gasteiger partial charge in [0.25, 0.3) is 14.3 Å². The van der Waals surface area contributed by atoms with E-state index in [1.807, 2.05) is 0 Å². The number of esters is 1. The molecule has 0 aromatic rings. The van der Waals surface area contributed by atoms with Crippen LogP contribution in [0.5, 0.6) is 0 Å². The summed E-state index contributed by atoms with van der Waals surface area (Å²) in [4.78, 5) is 11.6. The summed E-state index contributed by atoms with van der Waals surface area (Å²) >= 11 is 0. The van der Waals surface area contributed by atoms with Crippen molar-refractivity contribution in [2.75, 3.05) is 7.11 Å². The Balaban J connectivity index is 2.83. The first-order valence-corrected chi connectivity index (χ1v) is 10.2. The number of aliphatic hydroxyl groups excluding tert-OH is 1. The van der Waals surface area contributed by atoms with Crippen LogP contribution in [0.4, 0.5) is 0 Å². The van der Waals surface area contributed by atoms with E-state index in [9.17, 15) is 9.90 Å². The van der Waals surface area contributed by atoms with Gasteiger partial charge < -0.3 is 14.3 Å². The maximum Gasteiger partial charge on any atom is 0.308 e. The van der Waals surface area contributed by atoms with Crippen molar-refractivity contribution in [3.8, 4) is 0 Å². The SMILES string of the molecule is COC(=O)C1CCC/C(=C(\O)O[Si](C)(C)C(C)(C)C)C1. The van der Waals surface area contributed by atoms with E-state index in [0.717, 1.165) is 24.8 Å². The van der Waals surface area contributed by atoms with Gasteiger partial charge in [-0.05, 0) is 43.8 Å². The third kappa shape index (κ3) is 4.01. The number of rotatable bonds is 3. The molecule has 5 heteroatoms. The van der Waals surface area contributed by atoms with Crippen molar-refractivity contribution in [1.29, 1.82) is 0 Å². The van der Waals surface area contributed by atoms with E-state index in [4.69, 9.17) is 9.16 Å². The summed E-state index contributed by atoms with van der Waals surface area (Å²) in [6.45, 7) is 10.6. The van der Waals surface area contributed by atoms with Crippen LogP contribution in [0.1, 0.15) is 46.5 Å². The van der Waals surface area contributed by atoms with Crippen molar-refractivity contribution < 1.29 is 19.1 Å². The van der Waals surface area contributed by atoms with Crippen molar-refractivity contribution in [2.45, 2.75) is 64.6 Å². The Morgan fingerprint density at radius 1 is 1.35 bits per heavy atom. The van der Waals surface area contributed by atoms with Crippen molar-refractivity contribution >= 4 is 14.3 Å². The number of allylic oxidation sites excluding steroid dienone is 1. The summed E-state index contributed by atoms with van der Waals surface area (Å²) < 4.78 is 10.7. The highest BCUT2D eigenvalue weighted by Gasteiger charge is 2.40. The van der Waals surface area contributed by atoms with Crippen LogP contribution < -0.4 is 0 Å². The maximum absolute atomic E-state index is 11.6. The molecule has 0 saturated heterocycles. The molecule has 1 saturated carbocycles. The first kappa shape index (κ1) is 17.1. The Hall–Kier alpha value is -0.973. The molecule has 0 heterocycles. The molecule has 1 unspecified atom stereocenters. The molecule has 0 aromatic heterocycles. The minimum atomic E-state index is -2.03. The van der Waals surface area contributed by atoms with Crippen molar-refractivity contribution in [3.05, 3.63) is 11.5 Å². The highest BCUT2D eigenvalue weighted by Crippen LogP contribution is 2.39. The predicted octanol–water partition coefficient (Wildman–Crippen LogP) is 4.14. The maximum atomic E-state index is 11.6. The lowest BCUT2D eigenvalue weighted by Crippen LogP contribution is -2.40. The third-order valence-electron chi connectivity index (χ3n) is 4.52. The summed E-state index contributed by atoms with van der Waals surface area (Å²) in [5, 5.41) is 10.3. The molecule has 1 fully saturated rings. The standard InChI is InChI=1S/C15H28O4Si/c1-15(2,3)20(5,6)19-14(17)12-9-7-8-11(10-12)13(16)18-4/h11,17H,7-10H2,1-6H3/b14-12-. The highest BCUT2D eigenvalue weighted by molar-refractivity contribution is 6.74. The van der Waals surface area contributed by atoms with E-state index in [-0.39, 0.29) is 22.9 Å². The second-order valence-electron chi connectivity index (χ2n) is 7.09. The van der Waals surface area contributed by atoms with Gasteiger partial charge in [0.05, 0.1) is 13.0 Å². The number of ether oxygens (including phenoxy) is 1. The van der Waals surface area contributed by atoms with E-state index in [1.165, 1.54) is 7.11 Å².